The summed E-state index contributed by atoms with van der Waals surface area (Å²) in [4.78, 5) is 15.5. The molecule has 0 bridgehead atoms. The number of carbonyl (C=O) groups is 1. The van der Waals surface area contributed by atoms with Crippen molar-refractivity contribution in [1.29, 1.82) is 0 Å². The van der Waals surface area contributed by atoms with E-state index in [1.165, 1.54) is 5.56 Å². The summed E-state index contributed by atoms with van der Waals surface area (Å²) in [5.74, 6) is 1.31. The minimum atomic E-state index is -0.222. The maximum atomic E-state index is 13.6. The number of hydrogen-bond acceptors (Lipinski definition) is 3. The maximum Gasteiger partial charge on any atom is 0.261 e. The highest BCUT2D eigenvalue weighted by atomic mass is 16.5. The van der Waals surface area contributed by atoms with Gasteiger partial charge in [0.25, 0.3) is 5.91 Å². The van der Waals surface area contributed by atoms with Crippen LogP contribution in [0, 0.1) is 6.92 Å². The summed E-state index contributed by atoms with van der Waals surface area (Å²) in [6.07, 6.45) is 2.07. The molecule has 1 aromatic heterocycles. The summed E-state index contributed by atoms with van der Waals surface area (Å²) < 4.78 is 13.3. The van der Waals surface area contributed by atoms with E-state index in [0.29, 0.717) is 12.3 Å². The SMILES string of the molecule is COc1ccc(OCC(=O)N2Cc3ccccc3-n3cccc3[C@H]2c2ccc(C)cc2)cc1. The average molecular weight is 439 g/mol. The molecule has 0 unspecified atom stereocenters. The van der Waals surface area contributed by atoms with E-state index >= 15 is 0 Å². The Bertz CT molecular complexity index is 1260. The van der Waals surface area contributed by atoms with Gasteiger partial charge in [-0.1, -0.05) is 48.0 Å². The van der Waals surface area contributed by atoms with Crippen LogP contribution in [0.1, 0.15) is 28.4 Å². The summed E-state index contributed by atoms with van der Waals surface area (Å²) >= 11 is 0. The third-order valence-corrected chi connectivity index (χ3v) is 6.10. The van der Waals surface area contributed by atoms with Gasteiger partial charge in [0, 0.05) is 18.4 Å². The van der Waals surface area contributed by atoms with Crippen molar-refractivity contribution in [3.63, 3.8) is 0 Å². The van der Waals surface area contributed by atoms with Crippen molar-refractivity contribution < 1.29 is 14.3 Å². The molecule has 0 saturated heterocycles. The molecule has 0 spiro atoms. The van der Waals surface area contributed by atoms with Gasteiger partial charge in [-0.2, -0.15) is 0 Å². The zero-order chi connectivity index (χ0) is 22.8. The number of amides is 1. The Kier molecular flexibility index (Phi) is 5.61. The number of fused-ring (bicyclic) bond motifs is 3. The number of aryl methyl sites for hydroxylation is 1. The minimum absolute atomic E-state index is 0.0441. The number of benzene rings is 3. The van der Waals surface area contributed by atoms with Gasteiger partial charge in [-0.05, 0) is 60.5 Å². The number of hydrogen-bond donors (Lipinski definition) is 0. The van der Waals surface area contributed by atoms with Gasteiger partial charge in [-0.3, -0.25) is 4.79 Å². The van der Waals surface area contributed by atoms with Crippen LogP contribution in [0.25, 0.3) is 5.69 Å². The van der Waals surface area contributed by atoms with Crippen molar-refractivity contribution in [2.45, 2.75) is 19.5 Å². The van der Waals surface area contributed by atoms with Gasteiger partial charge in [0.2, 0.25) is 0 Å². The highest BCUT2D eigenvalue weighted by Crippen LogP contribution is 2.36. The molecule has 0 saturated carbocycles. The van der Waals surface area contributed by atoms with Gasteiger partial charge in [0.1, 0.15) is 11.5 Å². The monoisotopic (exact) mass is 438 g/mol. The van der Waals surface area contributed by atoms with Gasteiger partial charge in [0.05, 0.1) is 18.8 Å². The first-order chi connectivity index (χ1) is 16.1. The van der Waals surface area contributed by atoms with Crippen LogP contribution in [-0.4, -0.2) is 29.1 Å². The van der Waals surface area contributed by atoms with Crippen molar-refractivity contribution >= 4 is 5.91 Å². The van der Waals surface area contributed by atoms with Crippen LogP contribution >= 0.6 is 0 Å². The maximum absolute atomic E-state index is 13.6. The molecule has 2 heterocycles. The van der Waals surface area contributed by atoms with Crippen molar-refractivity contribution in [2.75, 3.05) is 13.7 Å². The van der Waals surface area contributed by atoms with E-state index in [2.05, 4.69) is 60.2 Å². The lowest BCUT2D eigenvalue weighted by molar-refractivity contribution is -0.135. The second-order valence-corrected chi connectivity index (χ2v) is 8.23. The van der Waals surface area contributed by atoms with Crippen LogP contribution in [0.3, 0.4) is 0 Å². The van der Waals surface area contributed by atoms with Crippen LogP contribution in [0.4, 0.5) is 0 Å². The van der Waals surface area contributed by atoms with E-state index in [1.54, 1.807) is 7.11 Å². The fourth-order valence-corrected chi connectivity index (χ4v) is 4.38. The van der Waals surface area contributed by atoms with Crippen LogP contribution in [-0.2, 0) is 11.3 Å². The fourth-order valence-electron chi connectivity index (χ4n) is 4.38. The van der Waals surface area contributed by atoms with E-state index in [4.69, 9.17) is 9.47 Å². The summed E-state index contributed by atoms with van der Waals surface area (Å²) in [5, 5.41) is 0. The van der Waals surface area contributed by atoms with Gasteiger partial charge in [-0.25, -0.2) is 0 Å². The van der Waals surface area contributed by atoms with Crippen LogP contribution in [0.15, 0.2) is 91.1 Å². The second kappa shape index (κ2) is 8.87. The Morgan fingerprint density at radius 1 is 0.909 bits per heavy atom. The molecule has 5 heteroatoms. The third kappa shape index (κ3) is 4.10. The quantitative estimate of drug-likeness (QED) is 0.424. The van der Waals surface area contributed by atoms with Gasteiger partial charge < -0.3 is 18.9 Å². The number of nitrogens with zero attached hydrogens (tertiary/aromatic N) is 2. The number of ether oxygens (including phenoxy) is 2. The zero-order valence-corrected chi connectivity index (χ0v) is 18.8. The van der Waals surface area contributed by atoms with Crippen LogP contribution in [0.5, 0.6) is 11.5 Å². The minimum Gasteiger partial charge on any atom is -0.497 e. The molecule has 5 nitrogen and oxygen atoms in total. The van der Waals surface area contributed by atoms with E-state index in [-0.39, 0.29) is 18.6 Å². The van der Waals surface area contributed by atoms with Crippen LogP contribution < -0.4 is 9.47 Å². The molecule has 1 aliphatic heterocycles. The summed E-state index contributed by atoms with van der Waals surface area (Å²) in [5.41, 5.74) is 5.52. The summed E-state index contributed by atoms with van der Waals surface area (Å²) in [7, 11) is 1.62. The number of methoxy groups -OCH3 is 1. The van der Waals surface area contributed by atoms with Crippen molar-refractivity contribution in [1.82, 2.24) is 9.47 Å². The van der Waals surface area contributed by atoms with E-state index < -0.39 is 0 Å². The lowest BCUT2D eigenvalue weighted by Gasteiger charge is -2.31. The lowest BCUT2D eigenvalue weighted by Crippen LogP contribution is -2.37. The Morgan fingerprint density at radius 3 is 2.39 bits per heavy atom. The molecule has 0 radical (unpaired) electrons. The fraction of sp³-hybridized carbons (Fsp3) is 0.179. The molecular formula is C28H26N2O3. The van der Waals surface area contributed by atoms with Gasteiger partial charge in [0.15, 0.2) is 6.61 Å². The largest absolute Gasteiger partial charge is 0.497 e. The summed E-state index contributed by atoms with van der Waals surface area (Å²) in [6.45, 7) is 2.53. The topological polar surface area (TPSA) is 43.7 Å². The first-order valence-corrected chi connectivity index (χ1v) is 11.0. The molecule has 1 atom stereocenters. The highest BCUT2D eigenvalue weighted by Gasteiger charge is 2.32. The Labute approximate surface area is 193 Å². The van der Waals surface area contributed by atoms with Crippen LogP contribution in [0.2, 0.25) is 0 Å². The van der Waals surface area contributed by atoms with Gasteiger partial charge in [-0.15, -0.1) is 0 Å². The highest BCUT2D eigenvalue weighted by molar-refractivity contribution is 5.79. The van der Waals surface area contributed by atoms with E-state index in [9.17, 15) is 4.79 Å². The Morgan fingerprint density at radius 2 is 1.64 bits per heavy atom. The molecule has 33 heavy (non-hydrogen) atoms. The van der Waals surface area contributed by atoms with Crippen molar-refractivity contribution in [3.8, 4) is 17.2 Å². The first kappa shape index (κ1) is 20.9. The Hall–Kier alpha value is -3.99. The second-order valence-electron chi connectivity index (χ2n) is 8.23. The van der Waals surface area contributed by atoms with Gasteiger partial charge >= 0.3 is 0 Å². The number of para-hydroxylation sites is 1. The predicted molar refractivity (Wildman–Crippen MR) is 128 cm³/mol. The molecule has 3 aromatic carbocycles. The number of rotatable bonds is 5. The average Bonchev–Trinajstić information content (AvgIpc) is 3.28. The molecular weight excluding hydrogens is 412 g/mol. The smallest absolute Gasteiger partial charge is 0.261 e. The zero-order valence-electron chi connectivity index (χ0n) is 18.8. The normalized spacial score (nSPS) is 14.7. The standard InChI is InChI=1S/C28H26N2O3/c1-20-9-11-21(12-10-20)28-26-8-5-17-29(26)25-7-4-3-6-22(25)18-30(28)27(31)19-33-24-15-13-23(32-2)14-16-24/h3-17,28H,18-19H2,1-2H3/t28-/m1/s1. The molecule has 5 rings (SSSR count). The van der Waals surface area contributed by atoms with Crippen molar-refractivity contribution in [2.24, 2.45) is 0 Å². The lowest BCUT2D eigenvalue weighted by atomic mass is 10.0. The number of carbonyl (C=O) groups excluding carboxylic acids is 1. The third-order valence-electron chi connectivity index (χ3n) is 6.10. The van der Waals surface area contributed by atoms with E-state index in [1.807, 2.05) is 47.4 Å². The Balaban J connectivity index is 1.51. The molecule has 0 fully saturated rings. The molecule has 0 N–H and O–H groups in total. The summed E-state index contributed by atoms with van der Waals surface area (Å²) in [6, 6.07) is 27.8. The predicted octanol–water partition coefficient (Wildman–Crippen LogP) is 5.30. The molecule has 1 amide bonds. The first-order valence-electron chi connectivity index (χ1n) is 11.0. The van der Waals surface area contributed by atoms with E-state index in [0.717, 1.165) is 28.3 Å². The molecule has 166 valence electrons. The van der Waals surface area contributed by atoms with Crippen molar-refractivity contribution in [3.05, 3.63) is 114 Å². The molecule has 4 aromatic rings. The molecule has 0 aliphatic carbocycles. The molecule has 1 aliphatic rings. The number of aromatic nitrogens is 1.